The van der Waals surface area contributed by atoms with Gasteiger partial charge in [0.2, 0.25) is 0 Å². The van der Waals surface area contributed by atoms with Crippen LogP contribution in [0.3, 0.4) is 0 Å². The van der Waals surface area contributed by atoms with Gasteiger partial charge in [0.25, 0.3) is 5.56 Å². The summed E-state index contributed by atoms with van der Waals surface area (Å²) in [6, 6.07) is 11.8. The van der Waals surface area contributed by atoms with Gasteiger partial charge in [0.15, 0.2) is 5.65 Å². The molecule has 126 valence electrons. The number of hydrogen-bond donors (Lipinski definition) is 0. The quantitative estimate of drug-likeness (QED) is 0.489. The summed E-state index contributed by atoms with van der Waals surface area (Å²) in [5.74, 6) is 0. The Labute approximate surface area is 147 Å². The third-order valence-electron chi connectivity index (χ3n) is 4.39. The molecule has 4 heterocycles. The normalized spacial score (nSPS) is 11.4. The minimum absolute atomic E-state index is 0.217. The second-order valence-electron chi connectivity index (χ2n) is 5.93. The maximum Gasteiger partial charge on any atom is 0.280 e. The summed E-state index contributed by atoms with van der Waals surface area (Å²) in [5.41, 5.74) is 4.09. The van der Waals surface area contributed by atoms with Gasteiger partial charge in [-0.05, 0) is 18.6 Å². The second kappa shape index (κ2) is 5.35. The molecule has 0 unspecified atom stereocenters. The van der Waals surface area contributed by atoms with Gasteiger partial charge in [-0.2, -0.15) is 5.10 Å². The average molecular weight is 343 g/mol. The maximum atomic E-state index is 12.8. The van der Waals surface area contributed by atoms with E-state index in [0.29, 0.717) is 10.9 Å². The molecule has 0 atom stereocenters. The smallest absolute Gasteiger partial charge is 0.267 e. The lowest BCUT2D eigenvalue weighted by molar-refractivity contribution is 0.632. The summed E-state index contributed by atoms with van der Waals surface area (Å²) in [6.45, 7) is 1.95. The van der Waals surface area contributed by atoms with Gasteiger partial charge >= 0.3 is 0 Å². The van der Waals surface area contributed by atoms with Crippen LogP contribution in [0, 0.1) is 6.92 Å². The van der Waals surface area contributed by atoms with Crippen molar-refractivity contribution in [3.05, 3.63) is 77.5 Å². The molecule has 0 N–H and O–H groups in total. The number of benzene rings is 1. The monoisotopic (exact) mass is 343 g/mol. The molecule has 0 aliphatic rings. The highest BCUT2D eigenvalue weighted by molar-refractivity contribution is 5.86. The Balaban J connectivity index is 1.82. The molecule has 0 aliphatic heterocycles. The topological polar surface area (TPSA) is 82.9 Å². The van der Waals surface area contributed by atoms with E-state index in [2.05, 4.69) is 20.3 Å². The molecular weight excluding hydrogens is 330 g/mol. The summed E-state index contributed by atoms with van der Waals surface area (Å²) >= 11 is 0. The largest absolute Gasteiger partial charge is 0.280 e. The molecule has 26 heavy (non-hydrogen) atoms. The zero-order chi connectivity index (χ0) is 17.7. The van der Waals surface area contributed by atoms with Crippen LogP contribution in [0.1, 0.15) is 5.69 Å². The van der Waals surface area contributed by atoms with Crippen LogP contribution in [0.4, 0.5) is 0 Å². The number of rotatable bonds is 2. The Morgan fingerprint density at radius 1 is 1.00 bits per heavy atom. The van der Waals surface area contributed by atoms with Gasteiger partial charge in [-0.25, -0.2) is 18.9 Å². The van der Waals surface area contributed by atoms with E-state index in [1.165, 1.54) is 22.0 Å². The Morgan fingerprint density at radius 2 is 1.77 bits per heavy atom. The molecule has 0 spiro atoms. The highest BCUT2D eigenvalue weighted by Gasteiger charge is 2.16. The van der Waals surface area contributed by atoms with E-state index in [0.717, 1.165) is 22.5 Å². The van der Waals surface area contributed by atoms with E-state index in [1.54, 1.807) is 16.9 Å². The van der Waals surface area contributed by atoms with Crippen molar-refractivity contribution >= 4 is 16.6 Å². The molecular formula is C18H13N7O. The minimum Gasteiger partial charge on any atom is -0.267 e. The lowest BCUT2D eigenvalue weighted by Crippen LogP contribution is -2.25. The van der Waals surface area contributed by atoms with Crippen molar-refractivity contribution in [2.75, 3.05) is 0 Å². The van der Waals surface area contributed by atoms with Crippen LogP contribution < -0.4 is 5.56 Å². The summed E-state index contributed by atoms with van der Waals surface area (Å²) < 4.78 is 4.66. The molecule has 5 rings (SSSR count). The standard InChI is InChI=1S/C18H13N7O/c1-12-16(13-5-3-2-4-6-13)17-19-9-14-15(25(17)22-12)7-8-24(18(14)26)23-10-20-21-11-23/h2-11H,1H3. The number of aryl methyl sites for hydroxylation is 1. The van der Waals surface area contributed by atoms with Crippen LogP contribution >= 0.6 is 0 Å². The molecule has 0 amide bonds. The zero-order valence-electron chi connectivity index (χ0n) is 13.8. The van der Waals surface area contributed by atoms with E-state index in [4.69, 9.17) is 0 Å². The maximum absolute atomic E-state index is 12.8. The van der Waals surface area contributed by atoms with Gasteiger partial charge in [0.1, 0.15) is 12.7 Å². The van der Waals surface area contributed by atoms with E-state index in [-0.39, 0.29) is 5.56 Å². The Bertz CT molecular complexity index is 1300. The highest BCUT2D eigenvalue weighted by Crippen LogP contribution is 2.28. The first-order chi connectivity index (χ1) is 12.7. The van der Waals surface area contributed by atoms with Crippen LogP contribution in [-0.2, 0) is 0 Å². The molecule has 8 nitrogen and oxygen atoms in total. The molecule has 0 radical (unpaired) electrons. The minimum atomic E-state index is -0.217. The molecule has 0 saturated carbocycles. The van der Waals surface area contributed by atoms with Crippen molar-refractivity contribution in [1.29, 1.82) is 0 Å². The van der Waals surface area contributed by atoms with Gasteiger partial charge in [0, 0.05) is 18.0 Å². The number of hydrogen-bond acceptors (Lipinski definition) is 5. The van der Waals surface area contributed by atoms with Crippen molar-refractivity contribution < 1.29 is 0 Å². The summed E-state index contributed by atoms with van der Waals surface area (Å²) in [7, 11) is 0. The molecule has 0 fully saturated rings. The van der Waals surface area contributed by atoms with Crippen LogP contribution in [-0.4, -0.2) is 34.1 Å². The predicted molar refractivity (Wildman–Crippen MR) is 95.7 cm³/mol. The second-order valence-corrected chi connectivity index (χ2v) is 5.93. The fraction of sp³-hybridized carbons (Fsp3) is 0.0556. The first-order valence-electron chi connectivity index (χ1n) is 8.04. The van der Waals surface area contributed by atoms with E-state index in [9.17, 15) is 4.79 Å². The fourth-order valence-corrected chi connectivity index (χ4v) is 3.20. The molecule has 4 aromatic heterocycles. The van der Waals surface area contributed by atoms with Crippen molar-refractivity contribution in [2.45, 2.75) is 6.92 Å². The third-order valence-corrected chi connectivity index (χ3v) is 4.39. The van der Waals surface area contributed by atoms with E-state index >= 15 is 0 Å². The Kier molecular flexibility index (Phi) is 2.99. The zero-order valence-corrected chi connectivity index (χ0v) is 13.8. The summed E-state index contributed by atoms with van der Waals surface area (Å²) in [6.07, 6.45) is 6.20. The van der Waals surface area contributed by atoms with Gasteiger partial charge in [-0.15, -0.1) is 10.2 Å². The number of nitrogens with zero attached hydrogens (tertiary/aromatic N) is 7. The molecule has 1 aromatic carbocycles. The summed E-state index contributed by atoms with van der Waals surface area (Å²) in [4.78, 5) is 17.4. The van der Waals surface area contributed by atoms with Crippen LogP contribution in [0.5, 0.6) is 0 Å². The van der Waals surface area contributed by atoms with Gasteiger partial charge in [0.05, 0.1) is 16.6 Å². The number of aromatic nitrogens is 7. The van der Waals surface area contributed by atoms with Crippen molar-refractivity contribution in [3.8, 4) is 11.1 Å². The first kappa shape index (κ1) is 14.5. The third kappa shape index (κ3) is 1.99. The Morgan fingerprint density at radius 3 is 2.54 bits per heavy atom. The van der Waals surface area contributed by atoms with Crippen LogP contribution in [0.25, 0.3) is 27.7 Å². The molecule has 5 aromatic rings. The number of fused-ring (bicyclic) bond motifs is 3. The highest BCUT2D eigenvalue weighted by atomic mass is 16.1. The van der Waals surface area contributed by atoms with Crippen molar-refractivity contribution in [3.63, 3.8) is 0 Å². The molecule has 0 aliphatic carbocycles. The van der Waals surface area contributed by atoms with Gasteiger partial charge < -0.3 is 0 Å². The summed E-state index contributed by atoms with van der Waals surface area (Å²) in [5, 5.41) is 12.6. The van der Waals surface area contributed by atoms with E-state index < -0.39 is 0 Å². The predicted octanol–water partition coefficient (Wildman–Crippen LogP) is 1.92. The van der Waals surface area contributed by atoms with Crippen LogP contribution in [0.2, 0.25) is 0 Å². The lowest BCUT2D eigenvalue weighted by Gasteiger charge is -2.07. The molecule has 8 heteroatoms. The van der Waals surface area contributed by atoms with Crippen molar-refractivity contribution in [1.82, 2.24) is 34.1 Å². The van der Waals surface area contributed by atoms with Gasteiger partial charge in [-0.3, -0.25) is 4.79 Å². The molecule has 0 bridgehead atoms. The van der Waals surface area contributed by atoms with Crippen LogP contribution in [0.15, 0.2) is 66.2 Å². The lowest BCUT2D eigenvalue weighted by atomic mass is 10.1. The van der Waals surface area contributed by atoms with Gasteiger partial charge in [-0.1, -0.05) is 30.3 Å². The Hall–Kier alpha value is -3.81. The van der Waals surface area contributed by atoms with E-state index in [1.807, 2.05) is 43.3 Å². The van der Waals surface area contributed by atoms with Crippen molar-refractivity contribution in [2.24, 2.45) is 0 Å². The fourth-order valence-electron chi connectivity index (χ4n) is 3.20. The SMILES string of the molecule is Cc1nn2c(ncc3c(=O)n(-n4cnnc4)ccc32)c1-c1ccccc1. The molecule has 0 saturated heterocycles. The number of pyridine rings is 1. The first-order valence-corrected chi connectivity index (χ1v) is 8.04. The average Bonchev–Trinajstić information content (AvgIpc) is 3.30.